The molecule has 0 radical (unpaired) electrons. The van der Waals surface area contributed by atoms with Crippen LogP contribution in [0, 0.1) is 0 Å². The van der Waals surface area contributed by atoms with Crippen LogP contribution in [0.15, 0.2) is 52.9 Å². The lowest BCUT2D eigenvalue weighted by Gasteiger charge is -2.05. The van der Waals surface area contributed by atoms with Crippen molar-refractivity contribution in [3.05, 3.63) is 54.3 Å². The van der Waals surface area contributed by atoms with E-state index in [1.165, 1.54) is 0 Å². The molecule has 1 aromatic heterocycles. The first-order valence-corrected chi connectivity index (χ1v) is 6.42. The molecule has 2 N–H and O–H groups in total. The maximum absolute atomic E-state index is 9.09. The van der Waals surface area contributed by atoms with E-state index in [0.717, 1.165) is 33.5 Å². The molecule has 20 heavy (non-hydrogen) atoms. The fourth-order valence-corrected chi connectivity index (χ4v) is 2.55. The zero-order chi connectivity index (χ0) is 13.5. The minimum Gasteiger partial charge on any atom is -0.459 e. The number of aromatic nitrogens is 2. The molecule has 0 unspecified atom stereocenters. The maximum Gasteiger partial charge on any atom is 0.136 e. The average Bonchev–Trinajstić information content (AvgIpc) is 3.13. The van der Waals surface area contributed by atoms with Gasteiger partial charge >= 0.3 is 0 Å². The molecular weight excluding hydrogens is 252 g/mol. The molecule has 1 aromatic carbocycles. The maximum atomic E-state index is 9.09. The molecule has 0 bridgehead atoms. The standard InChI is InChI=1S/C16H12N2O2/c19-9-10-5-8-15(20-10)13-7-6-12-11-3-1-2-4-14(11)17-18-16(12)13/h1-8,17,19H,9H2. The van der Waals surface area contributed by atoms with Crippen LogP contribution in [-0.4, -0.2) is 15.3 Å². The van der Waals surface area contributed by atoms with Crippen LogP contribution >= 0.6 is 0 Å². The predicted octanol–water partition coefficient (Wildman–Crippen LogP) is 3.42. The zero-order valence-corrected chi connectivity index (χ0v) is 10.6. The van der Waals surface area contributed by atoms with Gasteiger partial charge in [0.1, 0.15) is 23.8 Å². The van der Waals surface area contributed by atoms with Crippen molar-refractivity contribution in [3.8, 4) is 22.6 Å². The number of aromatic amines is 1. The summed E-state index contributed by atoms with van der Waals surface area (Å²) in [6, 6.07) is 15.8. The topological polar surface area (TPSA) is 62.0 Å². The van der Waals surface area contributed by atoms with E-state index in [1.54, 1.807) is 6.07 Å². The fourth-order valence-electron chi connectivity index (χ4n) is 2.55. The van der Waals surface area contributed by atoms with Crippen molar-refractivity contribution in [1.82, 2.24) is 10.2 Å². The normalized spacial score (nSPS) is 11.4. The van der Waals surface area contributed by atoms with Gasteiger partial charge in [0.05, 0.1) is 5.52 Å². The number of fused-ring (bicyclic) bond motifs is 3. The minimum atomic E-state index is -0.0961. The first-order chi connectivity index (χ1) is 9.86. The highest BCUT2D eigenvalue weighted by Gasteiger charge is 2.18. The molecule has 1 aliphatic carbocycles. The van der Waals surface area contributed by atoms with Gasteiger partial charge in [-0.3, -0.25) is 5.10 Å². The largest absolute Gasteiger partial charge is 0.459 e. The number of hydrogen-bond donors (Lipinski definition) is 2. The molecule has 4 nitrogen and oxygen atoms in total. The van der Waals surface area contributed by atoms with Gasteiger partial charge in [0.15, 0.2) is 0 Å². The number of nitrogens with one attached hydrogen (secondary N) is 1. The lowest BCUT2D eigenvalue weighted by Crippen LogP contribution is -1.90. The second kappa shape index (κ2) is 4.21. The summed E-state index contributed by atoms with van der Waals surface area (Å²) in [5, 5.41) is 17.7. The Morgan fingerprint density at radius 3 is 2.70 bits per heavy atom. The summed E-state index contributed by atoms with van der Waals surface area (Å²) in [6.45, 7) is -0.0961. The Bertz CT molecular complexity index is 860. The summed E-state index contributed by atoms with van der Waals surface area (Å²) in [6.07, 6.45) is 0. The Kier molecular flexibility index (Phi) is 2.37. The van der Waals surface area contributed by atoms with Crippen molar-refractivity contribution < 1.29 is 9.52 Å². The number of para-hydroxylation sites is 1. The monoisotopic (exact) mass is 264 g/mol. The third-order valence-electron chi connectivity index (χ3n) is 3.52. The predicted molar refractivity (Wildman–Crippen MR) is 76.3 cm³/mol. The summed E-state index contributed by atoms with van der Waals surface area (Å²) in [7, 11) is 0. The average molecular weight is 264 g/mol. The Labute approximate surface area is 115 Å². The number of benzene rings is 1. The van der Waals surface area contributed by atoms with Crippen LogP contribution in [0.5, 0.6) is 0 Å². The van der Waals surface area contributed by atoms with Gasteiger partial charge in [-0.15, -0.1) is 0 Å². The molecule has 2 aliphatic rings. The molecule has 0 atom stereocenters. The van der Waals surface area contributed by atoms with Gasteiger partial charge in [-0.05, 0) is 24.3 Å². The number of rotatable bonds is 2. The van der Waals surface area contributed by atoms with Crippen molar-refractivity contribution in [2.24, 2.45) is 0 Å². The summed E-state index contributed by atoms with van der Waals surface area (Å²) < 4.78 is 5.59. The molecule has 0 amide bonds. The van der Waals surface area contributed by atoms with Crippen LogP contribution in [0.1, 0.15) is 5.76 Å². The first kappa shape index (κ1) is 11.3. The molecule has 2 aromatic rings. The molecular formula is C16H12N2O2. The van der Waals surface area contributed by atoms with Crippen LogP contribution in [0.2, 0.25) is 0 Å². The highest BCUT2D eigenvalue weighted by atomic mass is 16.4. The van der Waals surface area contributed by atoms with Gasteiger partial charge in [-0.2, -0.15) is 5.10 Å². The molecule has 0 spiro atoms. The summed E-state index contributed by atoms with van der Waals surface area (Å²) in [5.74, 6) is 1.28. The lowest BCUT2D eigenvalue weighted by molar-refractivity contribution is 0.248. The fraction of sp³-hybridized carbons (Fsp3) is 0.0625. The van der Waals surface area contributed by atoms with Crippen LogP contribution in [-0.2, 0) is 6.61 Å². The van der Waals surface area contributed by atoms with Gasteiger partial charge in [0.2, 0.25) is 0 Å². The molecule has 0 saturated heterocycles. The summed E-state index contributed by atoms with van der Waals surface area (Å²) >= 11 is 0. The Morgan fingerprint density at radius 2 is 1.85 bits per heavy atom. The van der Waals surface area contributed by atoms with Crippen LogP contribution < -0.4 is 0 Å². The number of aliphatic hydroxyl groups is 1. The van der Waals surface area contributed by atoms with E-state index in [1.807, 2.05) is 30.3 Å². The molecule has 1 aliphatic heterocycles. The van der Waals surface area contributed by atoms with Crippen LogP contribution in [0.25, 0.3) is 33.5 Å². The Balaban J connectivity index is 1.94. The lowest BCUT2D eigenvalue weighted by atomic mass is 10.1. The minimum absolute atomic E-state index is 0.0961. The number of nitrogens with zero attached hydrogens (tertiary/aromatic N) is 1. The van der Waals surface area contributed by atoms with E-state index >= 15 is 0 Å². The van der Waals surface area contributed by atoms with Crippen molar-refractivity contribution in [3.63, 3.8) is 0 Å². The first-order valence-electron chi connectivity index (χ1n) is 6.42. The number of aliphatic hydroxyl groups excluding tert-OH is 1. The van der Waals surface area contributed by atoms with Crippen molar-refractivity contribution >= 4 is 10.9 Å². The molecule has 2 heterocycles. The second-order valence-electron chi connectivity index (χ2n) is 4.70. The molecule has 0 fully saturated rings. The third-order valence-corrected chi connectivity index (χ3v) is 3.52. The molecule has 0 saturated carbocycles. The van der Waals surface area contributed by atoms with Gasteiger partial charge < -0.3 is 9.52 Å². The van der Waals surface area contributed by atoms with E-state index < -0.39 is 0 Å². The number of furan rings is 1. The van der Waals surface area contributed by atoms with Gasteiger partial charge in [-0.1, -0.05) is 24.3 Å². The molecule has 98 valence electrons. The van der Waals surface area contributed by atoms with E-state index in [0.29, 0.717) is 5.76 Å². The van der Waals surface area contributed by atoms with Gasteiger partial charge in [0, 0.05) is 16.5 Å². The van der Waals surface area contributed by atoms with Crippen molar-refractivity contribution in [2.75, 3.05) is 0 Å². The summed E-state index contributed by atoms with van der Waals surface area (Å²) in [5.41, 5.74) is 3.91. The number of hydrogen-bond acceptors (Lipinski definition) is 3. The highest BCUT2D eigenvalue weighted by Crippen LogP contribution is 2.37. The van der Waals surface area contributed by atoms with Crippen molar-refractivity contribution in [2.45, 2.75) is 6.61 Å². The van der Waals surface area contributed by atoms with E-state index in [2.05, 4.69) is 22.3 Å². The quantitative estimate of drug-likeness (QED) is 0.583. The highest BCUT2D eigenvalue weighted by molar-refractivity contribution is 5.98. The van der Waals surface area contributed by atoms with Crippen LogP contribution in [0.4, 0.5) is 0 Å². The van der Waals surface area contributed by atoms with E-state index in [-0.39, 0.29) is 6.61 Å². The van der Waals surface area contributed by atoms with E-state index in [9.17, 15) is 0 Å². The van der Waals surface area contributed by atoms with E-state index in [4.69, 9.17) is 9.52 Å². The zero-order valence-electron chi connectivity index (χ0n) is 10.6. The van der Waals surface area contributed by atoms with Gasteiger partial charge in [0.25, 0.3) is 0 Å². The number of H-pyrrole nitrogens is 1. The smallest absolute Gasteiger partial charge is 0.136 e. The Hall–Kier alpha value is -2.59. The third kappa shape index (κ3) is 1.55. The second-order valence-corrected chi connectivity index (χ2v) is 4.70. The molecule has 4 rings (SSSR count). The molecule has 4 heteroatoms. The SMILES string of the molecule is OCc1ccc(-c2ccc3c4ccccc4[nH]nc2-3)o1. The summed E-state index contributed by atoms with van der Waals surface area (Å²) in [4.78, 5) is 0. The van der Waals surface area contributed by atoms with Crippen LogP contribution in [0.3, 0.4) is 0 Å². The van der Waals surface area contributed by atoms with Gasteiger partial charge in [-0.25, -0.2) is 0 Å². The Morgan fingerprint density at radius 1 is 1.00 bits per heavy atom. The van der Waals surface area contributed by atoms with Crippen molar-refractivity contribution in [1.29, 1.82) is 0 Å².